The van der Waals surface area contributed by atoms with Gasteiger partial charge in [-0.15, -0.1) is 0 Å². The van der Waals surface area contributed by atoms with Crippen LogP contribution in [0.3, 0.4) is 0 Å². The molecule has 1 aliphatic rings. The van der Waals surface area contributed by atoms with E-state index in [0.717, 1.165) is 19.4 Å². The third-order valence-electron chi connectivity index (χ3n) is 2.80. The maximum absolute atomic E-state index is 9.75. The van der Waals surface area contributed by atoms with Crippen LogP contribution >= 0.6 is 0 Å². The number of rotatable bonds is 6. The minimum atomic E-state index is -0.723. The number of aliphatic hydroxyl groups excluding tert-OH is 2. The van der Waals surface area contributed by atoms with Crippen molar-refractivity contribution in [3.63, 3.8) is 0 Å². The third kappa shape index (κ3) is 4.29. The molecule has 16 heavy (non-hydrogen) atoms. The molecule has 0 amide bonds. The Morgan fingerprint density at radius 2 is 2.06 bits per heavy atom. The first-order valence-corrected chi connectivity index (χ1v) is 5.36. The molecule has 3 N–H and O–H groups in total. The van der Waals surface area contributed by atoms with Gasteiger partial charge in [-0.25, -0.2) is 0 Å². The molecular formula is C10H21NO4Y. The second kappa shape index (κ2) is 8.92. The minimum Gasteiger partial charge on any atom is -0.394 e. The van der Waals surface area contributed by atoms with Crippen LogP contribution < -0.4 is 5.32 Å². The molecule has 1 aliphatic heterocycles. The summed E-state index contributed by atoms with van der Waals surface area (Å²) in [5.74, 6) is 0. The first-order valence-electron chi connectivity index (χ1n) is 5.36. The number of hydrogen-bond donors (Lipinski definition) is 3. The molecule has 1 radical (unpaired) electrons. The SMILES string of the molecule is CNCCCC1OC(CO)C(O)C1OC.[Y]. The number of ether oxygens (including phenoxy) is 2. The molecular weight excluding hydrogens is 287 g/mol. The first-order chi connectivity index (χ1) is 7.24. The molecule has 0 aliphatic carbocycles. The fraction of sp³-hybridized carbons (Fsp3) is 1.00. The quantitative estimate of drug-likeness (QED) is 0.556. The summed E-state index contributed by atoms with van der Waals surface area (Å²) in [6.07, 6.45) is 0.127. The van der Waals surface area contributed by atoms with Gasteiger partial charge in [-0.3, -0.25) is 0 Å². The van der Waals surface area contributed by atoms with Gasteiger partial charge in [-0.05, 0) is 26.4 Å². The molecule has 1 saturated heterocycles. The molecule has 0 saturated carbocycles. The van der Waals surface area contributed by atoms with Gasteiger partial charge in [0.15, 0.2) is 0 Å². The van der Waals surface area contributed by atoms with Crippen LogP contribution in [-0.4, -0.2) is 61.9 Å². The molecule has 0 bridgehead atoms. The summed E-state index contributed by atoms with van der Waals surface area (Å²) in [6, 6.07) is 0. The Morgan fingerprint density at radius 3 is 2.56 bits per heavy atom. The van der Waals surface area contributed by atoms with Gasteiger partial charge >= 0.3 is 0 Å². The van der Waals surface area contributed by atoms with Crippen LogP contribution in [0.5, 0.6) is 0 Å². The maximum atomic E-state index is 9.75. The zero-order valence-corrected chi connectivity index (χ0v) is 12.8. The van der Waals surface area contributed by atoms with Crippen LogP contribution in [0.2, 0.25) is 0 Å². The average molecular weight is 308 g/mol. The van der Waals surface area contributed by atoms with Gasteiger partial charge in [-0.1, -0.05) is 0 Å². The zero-order valence-electron chi connectivity index (χ0n) is 9.93. The molecule has 0 spiro atoms. The molecule has 4 atom stereocenters. The predicted molar refractivity (Wildman–Crippen MR) is 55.7 cm³/mol. The van der Waals surface area contributed by atoms with E-state index in [-0.39, 0.29) is 51.5 Å². The van der Waals surface area contributed by atoms with Crippen LogP contribution in [0, 0.1) is 0 Å². The second-order valence-corrected chi connectivity index (χ2v) is 3.83. The summed E-state index contributed by atoms with van der Waals surface area (Å²) in [6.45, 7) is 0.750. The molecule has 5 nitrogen and oxygen atoms in total. The fourth-order valence-corrected chi connectivity index (χ4v) is 1.97. The molecule has 0 aromatic heterocycles. The van der Waals surface area contributed by atoms with E-state index in [2.05, 4.69) is 5.32 Å². The normalized spacial score (nSPS) is 33.8. The topological polar surface area (TPSA) is 71.0 Å². The Kier molecular flexibility index (Phi) is 9.42. The van der Waals surface area contributed by atoms with Gasteiger partial charge in [0.05, 0.1) is 12.7 Å². The largest absolute Gasteiger partial charge is 0.394 e. The number of methoxy groups -OCH3 is 1. The van der Waals surface area contributed by atoms with E-state index in [1.54, 1.807) is 7.11 Å². The van der Waals surface area contributed by atoms with E-state index in [1.807, 2.05) is 7.05 Å². The van der Waals surface area contributed by atoms with Crippen molar-refractivity contribution >= 4 is 0 Å². The Balaban J connectivity index is 0.00000225. The molecule has 0 aromatic rings. The molecule has 1 heterocycles. The van der Waals surface area contributed by atoms with E-state index in [9.17, 15) is 5.11 Å². The van der Waals surface area contributed by atoms with E-state index in [4.69, 9.17) is 14.6 Å². The molecule has 4 unspecified atom stereocenters. The maximum Gasteiger partial charge on any atom is 0.112 e. The zero-order chi connectivity index (χ0) is 11.3. The van der Waals surface area contributed by atoms with E-state index in [0.29, 0.717) is 0 Å². The number of nitrogens with one attached hydrogen (secondary N) is 1. The van der Waals surface area contributed by atoms with Gasteiger partial charge in [0.2, 0.25) is 0 Å². The standard InChI is InChI=1S/C10H21NO4.Y/c1-11-5-3-4-7-10(14-2)9(13)8(6-12)15-7;/h7-13H,3-6H2,1-2H3;. The van der Waals surface area contributed by atoms with Crippen LogP contribution in [0.25, 0.3) is 0 Å². The molecule has 1 rings (SSSR count). The minimum absolute atomic E-state index is 0. The van der Waals surface area contributed by atoms with Gasteiger partial charge in [0.25, 0.3) is 0 Å². The van der Waals surface area contributed by atoms with Crippen molar-refractivity contribution < 1.29 is 52.4 Å². The van der Waals surface area contributed by atoms with Gasteiger partial charge < -0.3 is 25.0 Å². The van der Waals surface area contributed by atoms with Gasteiger partial charge in [0.1, 0.15) is 18.3 Å². The van der Waals surface area contributed by atoms with Gasteiger partial charge in [0, 0.05) is 39.8 Å². The molecule has 1 fully saturated rings. The monoisotopic (exact) mass is 308 g/mol. The number of hydrogen-bond acceptors (Lipinski definition) is 5. The Hall–Kier alpha value is 0.904. The molecule has 93 valence electrons. The van der Waals surface area contributed by atoms with Crippen molar-refractivity contribution in [3.05, 3.63) is 0 Å². The van der Waals surface area contributed by atoms with Crippen molar-refractivity contribution in [1.82, 2.24) is 5.32 Å². The van der Waals surface area contributed by atoms with Crippen LogP contribution in [0.4, 0.5) is 0 Å². The smallest absolute Gasteiger partial charge is 0.112 e. The van der Waals surface area contributed by atoms with Crippen LogP contribution in [0.15, 0.2) is 0 Å². The summed E-state index contributed by atoms with van der Waals surface area (Å²) in [5, 5.41) is 21.8. The van der Waals surface area contributed by atoms with E-state index >= 15 is 0 Å². The van der Waals surface area contributed by atoms with Crippen LogP contribution in [-0.2, 0) is 42.2 Å². The Labute approximate surface area is 122 Å². The van der Waals surface area contributed by atoms with E-state index < -0.39 is 12.2 Å². The summed E-state index contributed by atoms with van der Waals surface area (Å²) >= 11 is 0. The Bertz CT molecular complexity index is 184. The van der Waals surface area contributed by atoms with Gasteiger partial charge in [-0.2, -0.15) is 0 Å². The Morgan fingerprint density at radius 1 is 1.38 bits per heavy atom. The van der Waals surface area contributed by atoms with E-state index in [1.165, 1.54) is 0 Å². The summed E-state index contributed by atoms with van der Waals surface area (Å²) in [7, 11) is 3.46. The van der Waals surface area contributed by atoms with Crippen molar-refractivity contribution in [2.45, 2.75) is 37.3 Å². The molecule has 0 aromatic carbocycles. The third-order valence-corrected chi connectivity index (χ3v) is 2.80. The second-order valence-electron chi connectivity index (χ2n) is 3.83. The predicted octanol–water partition coefficient (Wildman–Crippen LogP) is -0.881. The summed E-state index contributed by atoms with van der Waals surface area (Å²) < 4.78 is 10.7. The summed E-state index contributed by atoms with van der Waals surface area (Å²) in [5.41, 5.74) is 0. The first kappa shape index (κ1) is 16.9. The van der Waals surface area contributed by atoms with Crippen molar-refractivity contribution in [3.8, 4) is 0 Å². The molecule has 6 heteroatoms. The van der Waals surface area contributed by atoms with Crippen molar-refractivity contribution in [1.29, 1.82) is 0 Å². The van der Waals surface area contributed by atoms with Crippen molar-refractivity contribution in [2.24, 2.45) is 0 Å². The summed E-state index contributed by atoms with van der Waals surface area (Å²) in [4.78, 5) is 0. The van der Waals surface area contributed by atoms with Crippen molar-refractivity contribution in [2.75, 3.05) is 27.3 Å². The van der Waals surface area contributed by atoms with Crippen LogP contribution in [0.1, 0.15) is 12.8 Å². The fourth-order valence-electron chi connectivity index (χ4n) is 1.97. The number of aliphatic hydroxyl groups is 2. The average Bonchev–Trinajstić information content (AvgIpc) is 2.55.